The van der Waals surface area contributed by atoms with E-state index >= 15 is 0 Å². The summed E-state index contributed by atoms with van der Waals surface area (Å²) in [6.07, 6.45) is 3.50. The fourth-order valence-corrected chi connectivity index (χ4v) is 2.30. The Morgan fingerprint density at radius 3 is 2.89 bits per heavy atom. The number of carbonyl (C=O) groups is 1. The van der Waals surface area contributed by atoms with Gasteiger partial charge < -0.3 is 15.6 Å². The van der Waals surface area contributed by atoms with E-state index < -0.39 is 0 Å². The van der Waals surface area contributed by atoms with Crippen LogP contribution in [0.5, 0.6) is 0 Å². The number of aromatic nitrogens is 1. The minimum atomic E-state index is -0.0715. The average molecular weight is 263 g/mol. The molecule has 0 saturated carbocycles. The number of carbonyl (C=O) groups excluding carboxylic acids is 1. The molecule has 1 amide bonds. The molecule has 2 rings (SSSR count). The van der Waals surface area contributed by atoms with Gasteiger partial charge in [0.15, 0.2) is 0 Å². The normalized spacial score (nSPS) is 23.9. The molecule has 6 heteroatoms. The second-order valence-electron chi connectivity index (χ2n) is 5.10. The Hall–Kier alpha value is -1.66. The SMILES string of the molecule is CC1CC(NC(=O)c2ccc(NN)nc2)CCN1C. The van der Waals surface area contributed by atoms with Gasteiger partial charge in [-0.3, -0.25) is 4.79 Å². The summed E-state index contributed by atoms with van der Waals surface area (Å²) in [4.78, 5) is 18.4. The summed E-state index contributed by atoms with van der Waals surface area (Å²) in [7, 11) is 2.12. The molecule has 1 aromatic heterocycles. The molecule has 0 aliphatic carbocycles. The molecule has 19 heavy (non-hydrogen) atoms. The van der Waals surface area contributed by atoms with Gasteiger partial charge in [-0.1, -0.05) is 0 Å². The van der Waals surface area contributed by atoms with E-state index in [0.29, 0.717) is 17.4 Å². The van der Waals surface area contributed by atoms with Crippen molar-refractivity contribution in [1.82, 2.24) is 15.2 Å². The molecule has 1 fully saturated rings. The van der Waals surface area contributed by atoms with Crippen LogP contribution in [-0.2, 0) is 0 Å². The largest absolute Gasteiger partial charge is 0.349 e. The summed E-state index contributed by atoms with van der Waals surface area (Å²) >= 11 is 0. The molecule has 0 spiro atoms. The van der Waals surface area contributed by atoms with Gasteiger partial charge in [0.25, 0.3) is 5.91 Å². The zero-order chi connectivity index (χ0) is 13.8. The molecular weight excluding hydrogens is 242 g/mol. The van der Waals surface area contributed by atoms with Crippen LogP contribution in [0.2, 0.25) is 0 Å². The van der Waals surface area contributed by atoms with Crippen molar-refractivity contribution in [2.75, 3.05) is 19.0 Å². The van der Waals surface area contributed by atoms with Gasteiger partial charge in [-0.25, -0.2) is 10.8 Å². The second-order valence-corrected chi connectivity index (χ2v) is 5.10. The van der Waals surface area contributed by atoms with Crippen LogP contribution < -0.4 is 16.6 Å². The number of hydrazine groups is 1. The van der Waals surface area contributed by atoms with Crippen LogP contribution in [0.1, 0.15) is 30.1 Å². The van der Waals surface area contributed by atoms with Gasteiger partial charge in [-0.15, -0.1) is 0 Å². The molecular formula is C13H21N5O. The molecule has 2 heterocycles. The lowest BCUT2D eigenvalue weighted by Crippen LogP contribution is -2.47. The monoisotopic (exact) mass is 263 g/mol. The first-order valence-corrected chi connectivity index (χ1v) is 6.54. The standard InChI is InChI=1S/C13H21N5O/c1-9-7-11(5-6-18(9)2)16-13(19)10-3-4-12(17-14)15-8-10/h3-4,8-9,11H,5-7,14H2,1-2H3,(H,15,17)(H,16,19). The Morgan fingerprint density at radius 2 is 2.32 bits per heavy atom. The van der Waals surface area contributed by atoms with Crippen LogP contribution in [0.25, 0.3) is 0 Å². The van der Waals surface area contributed by atoms with Crippen LogP contribution in [0, 0.1) is 0 Å². The summed E-state index contributed by atoms with van der Waals surface area (Å²) in [6, 6.07) is 4.15. The van der Waals surface area contributed by atoms with E-state index in [9.17, 15) is 4.79 Å². The van der Waals surface area contributed by atoms with Crippen molar-refractivity contribution in [3.8, 4) is 0 Å². The zero-order valence-corrected chi connectivity index (χ0v) is 11.4. The number of hydrogen-bond acceptors (Lipinski definition) is 5. The molecule has 1 aromatic rings. The van der Waals surface area contributed by atoms with Crippen molar-refractivity contribution in [1.29, 1.82) is 0 Å². The summed E-state index contributed by atoms with van der Waals surface area (Å²) < 4.78 is 0. The third-order valence-corrected chi connectivity index (χ3v) is 3.72. The van der Waals surface area contributed by atoms with Gasteiger partial charge in [0.1, 0.15) is 5.82 Å². The summed E-state index contributed by atoms with van der Waals surface area (Å²) in [5.74, 6) is 5.71. The minimum absolute atomic E-state index is 0.0715. The molecule has 0 radical (unpaired) electrons. The van der Waals surface area contributed by atoms with Gasteiger partial charge >= 0.3 is 0 Å². The first-order chi connectivity index (χ1) is 9.10. The predicted octanol–water partition coefficient (Wildman–Crippen LogP) is 0.580. The lowest BCUT2D eigenvalue weighted by Gasteiger charge is -2.35. The third kappa shape index (κ3) is 3.42. The van der Waals surface area contributed by atoms with Crippen molar-refractivity contribution in [2.45, 2.75) is 31.8 Å². The van der Waals surface area contributed by atoms with Crippen molar-refractivity contribution < 1.29 is 4.79 Å². The van der Waals surface area contributed by atoms with Crippen LogP contribution >= 0.6 is 0 Å². The van der Waals surface area contributed by atoms with Crippen molar-refractivity contribution in [3.63, 3.8) is 0 Å². The number of pyridine rings is 1. The van der Waals surface area contributed by atoms with Gasteiger partial charge in [0.05, 0.1) is 5.56 Å². The highest BCUT2D eigenvalue weighted by Crippen LogP contribution is 2.15. The van der Waals surface area contributed by atoms with Gasteiger partial charge in [-0.2, -0.15) is 0 Å². The van der Waals surface area contributed by atoms with Crippen LogP contribution in [-0.4, -0.2) is 41.5 Å². The Balaban J connectivity index is 1.93. The highest BCUT2D eigenvalue weighted by Gasteiger charge is 2.24. The van der Waals surface area contributed by atoms with E-state index in [1.165, 1.54) is 6.20 Å². The van der Waals surface area contributed by atoms with E-state index in [-0.39, 0.29) is 11.9 Å². The Morgan fingerprint density at radius 1 is 1.53 bits per heavy atom. The van der Waals surface area contributed by atoms with Crippen LogP contribution in [0.4, 0.5) is 5.82 Å². The second kappa shape index (κ2) is 5.99. The molecule has 0 aromatic carbocycles. The number of nitrogens with one attached hydrogen (secondary N) is 2. The number of anilines is 1. The Kier molecular flexibility index (Phi) is 4.34. The fourth-order valence-electron chi connectivity index (χ4n) is 2.30. The number of nitrogens with two attached hydrogens (primary N) is 1. The molecule has 104 valence electrons. The molecule has 1 aliphatic rings. The van der Waals surface area contributed by atoms with E-state index in [1.807, 2.05) is 0 Å². The number of amides is 1. The smallest absolute Gasteiger partial charge is 0.253 e. The predicted molar refractivity (Wildman–Crippen MR) is 74.6 cm³/mol. The molecule has 2 unspecified atom stereocenters. The highest BCUT2D eigenvalue weighted by molar-refractivity contribution is 5.94. The number of piperidine rings is 1. The number of likely N-dealkylation sites (tertiary alicyclic amines) is 1. The average Bonchev–Trinajstić information content (AvgIpc) is 2.43. The topological polar surface area (TPSA) is 83.3 Å². The summed E-state index contributed by atoms with van der Waals surface area (Å²) in [5.41, 5.74) is 3.00. The Labute approximate surface area is 113 Å². The maximum Gasteiger partial charge on any atom is 0.253 e. The quantitative estimate of drug-likeness (QED) is 0.549. The number of rotatable bonds is 3. The van der Waals surface area contributed by atoms with Crippen molar-refractivity contribution >= 4 is 11.7 Å². The van der Waals surface area contributed by atoms with Gasteiger partial charge in [0, 0.05) is 24.8 Å². The number of nitrogens with zero attached hydrogens (tertiary/aromatic N) is 2. The highest BCUT2D eigenvalue weighted by atomic mass is 16.1. The van der Waals surface area contributed by atoms with E-state index in [1.54, 1.807) is 12.1 Å². The minimum Gasteiger partial charge on any atom is -0.349 e. The first-order valence-electron chi connectivity index (χ1n) is 6.54. The lowest BCUT2D eigenvalue weighted by atomic mass is 9.98. The Bertz CT molecular complexity index is 433. The first kappa shape index (κ1) is 13.8. The molecule has 2 atom stereocenters. The summed E-state index contributed by atoms with van der Waals surface area (Å²) in [5, 5.41) is 3.07. The van der Waals surface area contributed by atoms with E-state index in [0.717, 1.165) is 19.4 Å². The lowest BCUT2D eigenvalue weighted by molar-refractivity contribution is 0.0896. The molecule has 4 N–H and O–H groups in total. The van der Waals surface area contributed by atoms with Gasteiger partial charge in [-0.05, 0) is 38.9 Å². The van der Waals surface area contributed by atoms with Gasteiger partial charge in [0.2, 0.25) is 0 Å². The molecule has 1 aliphatic heterocycles. The fraction of sp³-hybridized carbons (Fsp3) is 0.538. The van der Waals surface area contributed by atoms with Crippen LogP contribution in [0.3, 0.4) is 0 Å². The van der Waals surface area contributed by atoms with Crippen LogP contribution in [0.15, 0.2) is 18.3 Å². The summed E-state index contributed by atoms with van der Waals surface area (Å²) in [6.45, 7) is 3.20. The van der Waals surface area contributed by atoms with E-state index in [2.05, 4.69) is 34.6 Å². The maximum atomic E-state index is 12.1. The zero-order valence-electron chi connectivity index (χ0n) is 11.4. The molecule has 6 nitrogen and oxygen atoms in total. The number of nitrogen functional groups attached to an aromatic ring is 1. The molecule has 0 bridgehead atoms. The number of hydrogen-bond donors (Lipinski definition) is 3. The van der Waals surface area contributed by atoms with Crippen molar-refractivity contribution in [2.24, 2.45) is 5.84 Å². The van der Waals surface area contributed by atoms with Crippen molar-refractivity contribution in [3.05, 3.63) is 23.9 Å². The molecule has 1 saturated heterocycles. The maximum absolute atomic E-state index is 12.1. The van der Waals surface area contributed by atoms with E-state index in [4.69, 9.17) is 5.84 Å². The third-order valence-electron chi connectivity index (χ3n) is 3.72.